The zero-order chi connectivity index (χ0) is 10.6. The summed E-state index contributed by atoms with van der Waals surface area (Å²) in [4.78, 5) is 4.28. The van der Waals surface area contributed by atoms with Gasteiger partial charge in [-0.25, -0.2) is 0 Å². The van der Waals surface area contributed by atoms with E-state index in [2.05, 4.69) is 42.8 Å². The monoisotopic (exact) mass is 187 g/mol. The van der Waals surface area contributed by atoms with Crippen molar-refractivity contribution in [2.24, 2.45) is 4.99 Å². The Morgan fingerprint density at radius 2 is 1.86 bits per heavy atom. The van der Waals surface area contributed by atoms with Crippen LogP contribution in [0.2, 0.25) is 0 Å². The molecule has 0 saturated heterocycles. The predicted molar refractivity (Wildman–Crippen MR) is 63.1 cm³/mol. The predicted octanol–water partition coefficient (Wildman–Crippen LogP) is 3.38. The Kier molecular flexibility index (Phi) is 3.63. The Bertz CT molecular complexity index is 344. The number of hydrogen-bond donors (Lipinski definition) is 0. The quantitative estimate of drug-likeness (QED) is 0.508. The fraction of sp³-hybridized carbons (Fsp3) is 0.308. The second kappa shape index (κ2) is 4.75. The first-order valence-electron chi connectivity index (χ1n) is 4.80. The van der Waals surface area contributed by atoms with E-state index in [0.717, 1.165) is 17.7 Å². The first kappa shape index (κ1) is 10.7. The zero-order valence-corrected chi connectivity index (χ0v) is 9.17. The molecular formula is C13H17N. The fourth-order valence-electron chi connectivity index (χ4n) is 1.34. The van der Waals surface area contributed by atoms with Crippen molar-refractivity contribution in [3.05, 3.63) is 47.5 Å². The first-order valence-corrected chi connectivity index (χ1v) is 4.80. The highest BCUT2D eigenvalue weighted by Gasteiger charge is 2.01. The van der Waals surface area contributed by atoms with Crippen molar-refractivity contribution in [3.8, 4) is 0 Å². The first-order chi connectivity index (χ1) is 6.63. The second-order valence-corrected chi connectivity index (χ2v) is 3.67. The fourth-order valence-corrected chi connectivity index (χ4v) is 1.34. The lowest BCUT2D eigenvalue weighted by molar-refractivity contribution is 1.24. The van der Waals surface area contributed by atoms with Gasteiger partial charge < -0.3 is 0 Å². The largest absolute Gasteiger partial charge is 0.292 e. The molecule has 1 aromatic rings. The number of aryl methyl sites for hydroxylation is 1. The topological polar surface area (TPSA) is 12.4 Å². The average molecular weight is 187 g/mol. The number of allylic oxidation sites excluding steroid dienone is 1. The van der Waals surface area contributed by atoms with E-state index in [1.807, 2.05) is 14.0 Å². The third kappa shape index (κ3) is 2.84. The van der Waals surface area contributed by atoms with Crippen LogP contribution in [0.15, 0.2) is 41.4 Å². The third-order valence-electron chi connectivity index (χ3n) is 2.12. The Labute approximate surface area is 86.2 Å². The van der Waals surface area contributed by atoms with Crippen LogP contribution in [0.4, 0.5) is 0 Å². The summed E-state index contributed by atoms with van der Waals surface area (Å²) in [7, 11) is 1.83. The number of rotatable bonds is 3. The maximum Gasteiger partial charge on any atom is 0.0457 e. The number of nitrogens with zero attached hydrogens (tertiary/aromatic N) is 1. The molecule has 0 unspecified atom stereocenters. The van der Waals surface area contributed by atoms with E-state index >= 15 is 0 Å². The second-order valence-electron chi connectivity index (χ2n) is 3.67. The van der Waals surface area contributed by atoms with E-state index in [4.69, 9.17) is 0 Å². The molecule has 0 aromatic heterocycles. The number of hydrogen-bond acceptors (Lipinski definition) is 1. The molecule has 1 aromatic carbocycles. The molecule has 0 amide bonds. The van der Waals surface area contributed by atoms with Crippen LogP contribution in [0.25, 0.3) is 0 Å². The van der Waals surface area contributed by atoms with Gasteiger partial charge in [-0.1, -0.05) is 42.0 Å². The minimum absolute atomic E-state index is 0.861. The van der Waals surface area contributed by atoms with Crippen molar-refractivity contribution >= 4 is 5.71 Å². The molecule has 0 fully saturated rings. The molecule has 0 N–H and O–H groups in total. The SMILES string of the molecule is C=C(C)CC(=NC)c1ccc(C)cc1. The van der Waals surface area contributed by atoms with E-state index < -0.39 is 0 Å². The van der Waals surface area contributed by atoms with Crippen LogP contribution in [-0.2, 0) is 0 Å². The Morgan fingerprint density at radius 3 is 2.29 bits per heavy atom. The highest BCUT2D eigenvalue weighted by molar-refractivity contribution is 6.01. The molecule has 0 atom stereocenters. The highest BCUT2D eigenvalue weighted by Crippen LogP contribution is 2.10. The lowest BCUT2D eigenvalue weighted by Crippen LogP contribution is -2.01. The van der Waals surface area contributed by atoms with Crippen molar-refractivity contribution in [2.75, 3.05) is 7.05 Å². The van der Waals surface area contributed by atoms with Gasteiger partial charge in [0.25, 0.3) is 0 Å². The van der Waals surface area contributed by atoms with Crippen LogP contribution in [0, 0.1) is 6.92 Å². The van der Waals surface area contributed by atoms with E-state index in [1.165, 1.54) is 11.1 Å². The lowest BCUT2D eigenvalue weighted by atomic mass is 10.0. The molecule has 1 nitrogen and oxygen atoms in total. The van der Waals surface area contributed by atoms with Crippen LogP contribution >= 0.6 is 0 Å². The summed E-state index contributed by atoms with van der Waals surface area (Å²) in [6, 6.07) is 8.44. The van der Waals surface area contributed by atoms with Gasteiger partial charge in [0, 0.05) is 19.2 Å². The van der Waals surface area contributed by atoms with Crippen LogP contribution in [0.5, 0.6) is 0 Å². The summed E-state index contributed by atoms with van der Waals surface area (Å²) in [5.74, 6) is 0. The molecule has 14 heavy (non-hydrogen) atoms. The van der Waals surface area contributed by atoms with Gasteiger partial charge in [0.2, 0.25) is 0 Å². The number of aliphatic imine (C=N–C) groups is 1. The smallest absolute Gasteiger partial charge is 0.0457 e. The Balaban J connectivity index is 2.91. The van der Waals surface area contributed by atoms with Gasteiger partial charge in [0.05, 0.1) is 0 Å². The highest BCUT2D eigenvalue weighted by atomic mass is 14.7. The molecule has 0 spiro atoms. The van der Waals surface area contributed by atoms with Crippen molar-refractivity contribution in [3.63, 3.8) is 0 Å². The maximum atomic E-state index is 4.28. The van der Waals surface area contributed by atoms with Crippen LogP contribution in [0.3, 0.4) is 0 Å². The van der Waals surface area contributed by atoms with Gasteiger partial charge in [0.1, 0.15) is 0 Å². The van der Waals surface area contributed by atoms with E-state index in [-0.39, 0.29) is 0 Å². The van der Waals surface area contributed by atoms with Gasteiger partial charge in [-0.05, 0) is 19.4 Å². The van der Waals surface area contributed by atoms with Crippen LogP contribution in [-0.4, -0.2) is 12.8 Å². The summed E-state index contributed by atoms with van der Waals surface area (Å²) in [5.41, 5.74) is 4.73. The van der Waals surface area contributed by atoms with Gasteiger partial charge >= 0.3 is 0 Å². The normalized spacial score (nSPS) is 11.5. The van der Waals surface area contributed by atoms with Crippen molar-refractivity contribution in [1.29, 1.82) is 0 Å². The summed E-state index contributed by atoms with van der Waals surface area (Å²) < 4.78 is 0. The molecule has 1 heteroatoms. The van der Waals surface area contributed by atoms with Gasteiger partial charge in [-0.2, -0.15) is 0 Å². The molecule has 0 bridgehead atoms. The van der Waals surface area contributed by atoms with Gasteiger partial charge in [0.15, 0.2) is 0 Å². The summed E-state index contributed by atoms with van der Waals surface area (Å²) in [6.07, 6.45) is 0.861. The van der Waals surface area contributed by atoms with Crippen molar-refractivity contribution in [2.45, 2.75) is 20.3 Å². The molecule has 74 valence electrons. The van der Waals surface area contributed by atoms with E-state index in [9.17, 15) is 0 Å². The molecule has 0 saturated carbocycles. The average Bonchev–Trinajstić information content (AvgIpc) is 2.15. The molecule has 0 aliphatic rings. The molecular weight excluding hydrogens is 170 g/mol. The van der Waals surface area contributed by atoms with Crippen LogP contribution < -0.4 is 0 Å². The molecule has 0 aliphatic heterocycles. The van der Waals surface area contributed by atoms with E-state index in [0.29, 0.717) is 0 Å². The molecule has 0 heterocycles. The lowest BCUT2D eigenvalue weighted by Gasteiger charge is -2.05. The summed E-state index contributed by atoms with van der Waals surface area (Å²) in [5, 5.41) is 0. The maximum absolute atomic E-state index is 4.28. The molecule has 0 radical (unpaired) electrons. The van der Waals surface area contributed by atoms with Crippen molar-refractivity contribution in [1.82, 2.24) is 0 Å². The molecule has 0 aliphatic carbocycles. The summed E-state index contributed by atoms with van der Waals surface area (Å²) >= 11 is 0. The van der Waals surface area contributed by atoms with Crippen LogP contribution in [0.1, 0.15) is 24.5 Å². The zero-order valence-electron chi connectivity index (χ0n) is 9.17. The number of benzene rings is 1. The third-order valence-corrected chi connectivity index (χ3v) is 2.12. The summed E-state index contributed by atoms with van der Waals surface area (Å²) in [6.45, 7) is 8.02. The minimum Gasteiger partial charge on any atom is -0.292 e. The standard InChI is InChI=1S/C13H17N/c1-10(2)9-13(14-4)12-7-5-11(3)6-8-12/h5-8H,1,9H2,2-4H3. The van der Waals surface area contributed by atoms with Crippen molar-refractivity contribution < 1.29 is 0 Å². The molecule has 1 rings (SSSR count). The Hall–Kier alpha value is -1.37. The minimum atomic E-state index is 0.861. The van der Waals surface area contributed by atoms with Gasteiger partial charge in [-0.3, -0.25) is 4.99 Å². The Morgan fingerprint density at radius 1 is 1.29 bits per heavy atom. The van der Waals surface area contributed by atoms with Gasteiger partial charge in [-0.15, -0.1) is 0 Å². The van der Waals surface area contributed by atoms with E-state index in [1.54, 1.807) is 0 Å².